The lowest BCUT2D eigenvalue weighted by atomic mass is 9.94. The summed E-state index contributed by atoms with van der Waals surface area (Å²) in [5, 5.41) is 13.0. The van der Waals surface area contributed by atoms with Crippen molar-refractivity contribution in [1.82, 2.24) is 15.2 Å². The summed E-state index contributed by atoms with van der Waals surface area (Å²) in [6.45, 7) is 8.00. The number of nitrogens with one attached hydrogen (secondary N) is 1. The Kier molecular flexibility index (Phi) is 9.95. The number of rotatable bonds is 1. The van der Waals surface area contributed by atoms with Crippen LogP contribution in [-0.4, -0.2) is 63.9 Å². The Morgan fingerprint density at radius 2 is 1.95 bits per heavy atom. The summed E-state index contributed by atoms with van der Waals surface area (Å²) < 4.78 is 11.1. The number of aliphatic hydroxyl groups excluding tert-OH is 1. The van der Waals surface area contributed by atoms with Crippen LogP contribution in [0.2, 0.25) is 0 Å². The Morgan fingerprint density at radius 3 is 2.68 bits per heavy atom. The fourth-order valence-corrected chi connectivity index (χ4v) is 4.33. The van der Waals surface area contributed by atoms with E-state index in [0.717, 1.165) is 11.8 Å². The summed E-state index contributed by atoms with van der Waals surface area (Å²) in [6, 6.07) is 0. The first-order chi connectivity index (χ1) is 18.0. The van der Waals surface area contributed by atoms with Gasteiger partial charge >= 0.3 is 5.97 Å². The maximum Gasteiger partial charge on any atom is 0.355 e. The zero-order valence-electron chi connectivity index (χ0n) is 22.2. The number of aromatic nitrogens is 1. The third-order valence-corrected chi connectivity index (χ3v) is 6.19. The molecule has 2 bridgehead atoms. The fourth-order valence-electron chi connectivity index (χ4n) is 4.33. The number of carbonyl (C=O) groups excluding carboxylic acids is 4. The number of hydrogen-bond acceptors (Lipinski definition) is 8. The van der Waals surface area contributed by atoms with Crippen molar-refractivity contribution in [3.05, 3.63) is 65.6 Å². The molecule has 2 aliphatic heterocycles. The summed E-state index contributed by atoms with van der Waals surface area (Å²) in [4.78, 5) is 56.3. The Bertz CT molecular complexity index is 1170. The Morgan fingerprint density at radius 1 is 1.18 bits per heavy atom. The van der Waals surface area contributed by atoms with E-state index in [1.807, 2.05) is 20.8 Å². The molecule has 0 radical (unpaired) electrons. The highest BCUT2D eigenvalue weighted by Gasteiger charge is 2.33. The van der Waals surface area contributed by atoms with Crippen LogP contribution >= 0.6 is 0 Å². The molecular weight excluding hydrogens is 490 g/mol. The first-order valence-electron chi connectivity index (χ1n) is 12.7. The molecule has 0 aromatic carbocycles. The van der Waals surface area contributed by atoms with Crippen LogP contribution in [0.1, 0.15) is 56.9 Å². The molecule has 0 saturated heterocycles. The van der Waals surface area contributed by atoms with Crippen molar-refractivity contribution in [2.45, 2.75) is 59.2 Å². The quantitative estimate of drug-likeness (QED) is 0.534. The zero-order valence-corrected chi connectivity index (χ0v) is 22.2. The molecule has 204 valence electrons. The van der Waals surface area contributed by atoms with E-state index in [1.165, 1.54) is 11.0 Å². The molecule has 0 spiro atoms. The van der Waals surface area contributed by atoms with Crippen molar-refractivity contribution < 1.29 is 33.4 Å². The number of cyclic esters (lactones) is 1. The normalized spacial score (nSPS) is 26.8. The molecule has 2 aliphatic rings. The van der Waals surface area contributed by atoms with Crippen LogP contribution < -0.4 is 5.32 Å². The second-order valence-corrected chi connectivity index (χ2v) is 9.84. The van der Waals surface area contributed by atoms with E-state index < -0.39 is 24.1 Å². The second-order valence-electron chi connectivity index (χ2n) is 9.84. The lowest BCUT2D eigenvalue weighted by molar-refractivity contribution is -0.149. The van der Waals surface area contributed by atoms with E-state index in [1.54, 1.807) is 37.3 Å². The number of carbonyl (C=O) groups is 4. The van der Waals surface area contributed by atoms with E-state index in [-0.39, 0.29) is 66.7 Å². The third-order valence-electron chi connectivity index (χ3n) is 6.19. The molecule has 10 nitrogen and oxygen atoms in total. The summed E-state index contributed by atoms with van der Waals surface area (Å²) in [7, 11) is 0. The molecule has 3 rings (SSSR count). The molecule has 3 heterocycles. The van der Waals surface area contributed by atoms with Crippen molar-refractivity contribution in [2.75, 3.05) is 13.1 Å². The predicted molar refractivity (Wildman–Crippen MR) is 139 cm³/mol. The number of ketones is 1. The fraction of sp³-hybridized carbons (Fsp3) is 0.464. The van der Waals surface area contributed by atoms with Gasteiger partial charge in [-0.1, -0.05) is 56.7 Å². The number of oxazole rings is 1. The van der Waals surface area contributed by atoms with Gasteiger partial charge in [0.05, 0.1) is 12.5 Å². The lowest BCUT2D eigenvalue weighted by Gasteiger charge is -2.27. The minimum atomic E-state index is -1.01. The van der Waals surface area contributed by atoms with Crippen molar-refractivity contribution in [1.29, 1.82) is 0 Å². The summed E-state index contributed by atoms with van der Waals surface area (Å²) in [5.41, 5.74) is 0.809. The van der Waals surface area contributed by atoms with E-state index >= 15 is 0 Å². The van der Waals surface area contributed by atoms with Crippen LogP contribution in [0.25, 0.3) is 0 Å². The molecule has 0 saturated carbocycles. The average molecular weight is 526 g/mol. The van der Waals surface area contributed by atoms with E-state index in [2.05, 4.69) is 10.3 Å². The van der Waals surface area contributed by atoms with Crippen molar-refractivity contribution in [3.8, 4) is 0 Å². The summed E-state index contributed by atoms with van der Waals surface area (Å²) in [6.07, 6.45) is 9.48. The molecule has 1 aromatic heterocycles. The Hall–Kier alpha value is -3.79. The van der Waals surface area contributed by atoms with Crippen LogP contribution in [-0.2, 0) is 25.5 Å². The Balaban J connectivity index is 1.86. The van der Waals surface area contributed by atoms with Gasteiger partial charge in [0.15, 0.2) is 5.69 Å². The molecule has 10 heteroatoms. The maximum absolute atomic E-state index is 13.1. The van der Waals surface area contributed by atoms with Gasteiger partial charge in [-0.2, -0.15) is 0 Å². The SMILES string of the molecule is C/C1=C\C(O)CC(=O)Cc2nc(co2)C(=O)N2CCC=C2C(=O)OC(C(C)C)C(C)/C=C/C(=O)NCC=C1. The van der Waals surface area contributed by atoms with Gasteiger partial charge in [-0.3, -0.25) is 14.4 Å². The molecule has 38 heavy (non-hydrogen) atoms. The lowest BCUT2D eigenvalue weighted by Crippen LogP contribution is -2.36. The maximum atomic E-state index is 13.1. The average Bonchev–Trinajstić information content (AvgIpc) is 3.52. The van der Waals surface area contributed by atoms with Gasteiger partial charge in [0.25, 0.3) is 5.91 Å². The number of Topliss-reactive ketones (excluding diaryl/α,β-unsaturated/α-hetero) is 1. The third kappa shape index (κ3) is 7.85. The van der Waals surface area contributed by atoms with Gasteiger partial charge in [0.2, 0.25) is 11.8 Å². The first kappa shape index (κ1) is 28.8. The predicted octanol–water partition coefficient (Wildman–Crippen LogP) is 2.66. The van der Waals surface area contributed by atoms with Gasteiger partial charge in [-0.05, 0) is 25.3 Å². The van der Waals surface area contributed by atoms with Crippen LogP contribution in [0, 0.1) is 11.8 Å². The largest absolute Gasteiger partial charge is 0.457 e. The highest BCUT2D eigenvalue weighted by molar-refractivity contribution is 6.00. The number of hydrogen-bond donors (Lipinski definition) is 2. The second kappa shape index (κ2) is 13.1. The molecule has 0 aliphatic carbocycles. The van der Waals surface area contributed by atoms with Crippen LogP contribution in [0.3, 0.4) is 0 Å². The molecule has 2 N–H and O–H groups in total. The number of ether oxygens (including phenoxy) is 1. The van der Waals surface area contributed by atoms with Gasteiger partial charge in [0.1, 0.15) is 23.8 Å². The highest BCUT2D eigenvalue weighted by atomic mass is 16.5. The number of nitrogens with zero attached hydrogens (tertiary/aromatic N) is 2. The van der Waals surface area contributed by atoms with Crippen molar-refractivity contribution >= 4 is 23.6 Å². The van der Waals surface area contributed by atoms with Crippen LogP contribution in [0.4, 0.5) is 0 Å². The molecule has 3 unspecified atom stereocenters. The molecule has 0 fully saturated rings. The standard InChI is InChI=1S/C28H35N3O7/c1-17(2)26-19(4)9-10-24(34)29-11-5-7-18(3)13-20(32)14-21(33)15-25-30-22(16-37-25)27(35)31-12-6-8-23(31)28(36)38-26/h5,7-10,13,16-17,19-20,26,32H,6,11-12,14-15H2,1-4H3,(H,29,34)/b7-5?,10-9+,18-13+. The summed E-state index contributed by atoms with van der Waals surface area (Å²) in [5.74, 6) is -2.07. The minimum Gasteiger partial charge on any atom is -0.457 e. The molecule has 1 aromatic rings. The smallest absolute Gasteiger partial charge is 0.355 e. The molecule has 3 atom stereocenters. The number of amides is 2. The van der Waals surface area contributed by atoms with E-state index in [0.29, 0.717) is 6.42 Å². The van der Waals surface area contributed by atoms with Crippen LogP contribution in [0.5, 0.6) is 0 Å². The summed E-state index contributed by atoms with van der Waals surface area (Å²) >= 11 is 0. The highest BCUT2D eigenvalue weighted by Crippen LogP contribution is 2.24. The van der Waals surface area contributed by atoms with Gasteiger partial charge in [-0.15, -0.1) is 0 Å². The molecular formula is C28H35N3O7. The van der Waals surface area contributed by atoms with Crippen molar-refractivity contribution in [2.24, 2.45) is 11.8 Å². The number of fused-ring (bicyclic) bond motifs is 3. The topological polar surface area (TPSA) is 139 Å². The minimum absolute atomic E-state index is 0.0315. The zero-order chi connectivity index (χ0) is 27.8. The van der Waals surface area contributed by atoms with Crippen LogP contribution in [0.15, 0.2) is 58.4 Å². The van der Waals surface area contributed by atoms with E-state index in [4.69, 9.17) is 9.15 Å². The first-order valence-corrected chi connectivity index (χ1v) is 12.7. The number of allylic oxidation sites excluding steroid dienone is 2. The van der Waals surface area contributed by atoms with E-state index in [9.17, 15) is 24.3 Å². The number of aliphatic hydroxyl groups is 1. The number of esters is 1. The van der Waals surface area contributed by atoms with Gasteiger partial charge in [0, 0.05) is 25.4 Å². The van der Waals surface area contributed by atoms with Gasteiger partial charge < -0.3 is 24.5 Å². The monoisotopic (exact) mass is 525 g/mol. The van der Waals surface area contributed by atoms with Crippen molar-refractivity contribution in [3.63, 3.8) is 0 Å². The molecule has 2 amide bonds. The van der Waals surface area contributed by atoms with Gasteiger partial charge in [-0.25, -0.2) is 9.78 Å². The Labute approximate surface area is 222 Å².